The van der Waals surface area contributed by atoms with Crippen LogP contribution >= 0.6 is 11.8 Å². The first-order valence-electron chi connectivity index (χ1n) is 12.5. The summed E-state index contributed by atoms with van der Waals surface area (Å²) in [5, 5.41) is 7.08. The number of anilines is 3. The van der Waals surface area contributed by atoms with Gasteiger partial charge in [0.15, 0.2) is 0 Å². The monoisotopic (exact) mass is 500 g/mol. The number of hydrogen-bond donors (Lipinski definition) is 2. The molecule has 2 aliphatic rings. The van der Waals surface area contributed by atoms with Gasteiger partial charge in [-0.3, -0.25) is 0 Å². The number of rotatable bonds is 9. The van der Waals surface area contributed by atoms with E-state index in [1.54, 1.807) is 12.3 Å². The molecule has 0 aliphatic heterocycles. The Hall–Kier alpha value is -3.32. The average molecular weight is 501 g/mol. The van der Waals surface area contributed by atoms with Gasteiger partial charge in [0.2, 0.25) is 5.95 Å². The second-order valence-corrected chi connectivity index (χ2v) is 10.7. The highest BCUT2D eigenvalue weighted by atomic mass is 32.2. The Kier molecular flexibility index (Phi) is 7.28. The zero-order valence-corrected chi connectivity index (χ0v) is 21.6. The number of carbonyl (C=O) groups is 1. The summed E-state index contributed by atoms with van der Waals surface area (Å²) in [7, 11) is 1.37. The summed E-state index contributed by atoms with van der Waals surface area (Å²) in [6.45, 7) is 2.09. The van der Waals surface area contributed by atoms with Crippen LogP contribution in [0.15, 0.2) is 65.7 Å². The second-order valence-electron chi connectivity index (χ2n) is 9.68. The minimum Gasteiger partial charge on any atom is -0.466 e. The molecule has 0 saturated heterocycles. The predicted molar refractivity (Wildman–Crippen MR) is 146 cm³/mol. The maximum Gasteiger partial charge on any atom is 0.330 e. The Balaban J connectivity index is 1.32. The molecule has 2 aromatic carbocycles. The summed E-state index contributed by atoms with van der Waals surface area (Å²) in [6.07, 6.45) is 11.1. The Bertz CT molecular complexity index is 1260. The van der Waals surface area contributed by atoms with Gasteiger partial charge in [0.25, 0.3) is 0 Å². The van der Waals surface area contributed by atoms with Crippen LogP contribution in [0.4, 0.5) is 17.5 Å². The van der Waals surface area contributed by atoms with E-state index in [0.717, 1.165) is 34.8 Å². The minimum absolute atomic E-state index is 0.400. The smallest absolute Gasteiger partial charge is 0.330 e. The number of carbonyl (C=O) groups excluding carboxylic acids is 1. The minimum atomic E-state index is -0.400. The van der Waals surface area contributed by atoms with Crippen LogP contribution in [-0.4, -0.2) is 29.1 Å². The van der Waals surface area contributed by atoms with Crippen molar-refractivity contribution in [2.45, 2.75) is 55.7 Å². The molecule has 3 aromatic rings. The van der Waals surface area contributed by atoms with Crippen molar-refractivity contribution >= 4 is 41.3 Å². The van der Waals surface area contributed by atoms with Crippen molar-refractivity contribution in [3.8, 4) is 0 Å². The largest absolute Gasteiger partial charge is 0.466 e. The van der Waals surface area contributed by atoms with E-state index in [4.69, 9.17) is 9.72 Å². The highest BCUT2D eigenvalue weighted by Crippen LogP contribution is 2.58. The molecule has 2 N–H and O–H groups in total. The van der Waals surface area contributed by atoms with E-state index >= 15 is 0 Å². The molecule has 0 radical (unpaired) electrons. The van der Waals surface area contributed by atoms with E-state index in [2.05, 4.69) is 65.0 Å². The Morgan fingerprint density at radius 2 is 2.03 bits per heavy atom. The summed E-state index contributed by atoms with van der Waals surface area (Å²) in [5.74, 6) is 1.82. The van der Waals surface area contributed by atoms with Gasteiger partial charge in [0, 0.05) is 40.2 Å². The number of esters is 1. The van der Waals surface area contributed by atoms with Gasteiger partial charge in [0.05, 0.1) is 7.11 Å². The van der Waals surface area contributed by atoms with Gasteiger partial charge in [-0.2, -0.15) is 4.98 Å². The normalized spacial score (nSPS) is 17.9. The highest BCUT2D eigenvalue weighted by Gasteiger charge is 2.52. The first kappa shape index (κ1) is 24.4. The number of aryl methyl sites for hydroxylation is 1. The van der Waals surface area contributed by atoms with Crippen molar-refractivity contribution < 1.29 is 9.53 Å². The van der Waals surface area contributed by atoms with Crippen LogP contribution in [-0.2, 0) is 15.3 Å². The zero-order chi connectivity index (χ0) is 25.0. The third-order valence-corrected chi connectivity index (χ3v) is 8.28. The lowest BCUT2D eigenvalue weighted by atomic mass is 10.0. The molecule has 7 heteroatoms. The lowest BCUT2D eigenvalue weighted by molar-refractivity contribution is -0.134. The van der Waals surface area contributed by atoms with Crippen LogP contribution in [0.2, 0.25) is 0 Å². The number of nitrogens with zero attached hydrogens (tertiary/aromatic N) is 2. The summed E-state index contributed by atoms with van der Waals surface area (Å²) >= 11 is 1.83. The lowest BCUT2D eigenvalue weighted by Crippen LogP contribution is -2.26. The highest BCUT2D eigenvalue weighted by molar-refractivity contribution is 7.98. The number of aromatic nitrogens is 2. The van der Waals surface area contributed by atoms with Crippen LogP contribution in [0.25, 0.3) is 6.08 Å². The van der Waals surface area contributed by atoms with Gasteiger partial charge in [-0.25, -0.2) is 9.78 Å². The van der Waals surface area contributed by atoms with E-state index in [0.29, 0.717) is 17.4 Å². The van der Waals surface area contributed by atoms with Gasteiger partial charge < -0.3 is 15.4 Å². The topological polar surface area (TPSA) is 76.1 Å². The predicted octanol–water partition coefficient (Wildman–Crippen LogP) is 6.75. The Labute approximate surface area is 217 Å². The fourth-order valence-corrected chi connectivity index (χ4v) is 5.88. The van der Waals surface area contributed by atoms with Crippen molar-refractivity contribution in [3.63, 3.8) is 0 Å². The SMILES string of the molecule is COC(=O)/C=C/c1cnc(Nc2ccc(SCc3ccccc3)cc2C)nc1NC1CCCC12CC2. The van der Waals surface area contributed by atoms with E-state index in [9.17, 15) is 4.79 Å². The number of hydrogen-bond acceptors (Lipinski definition) is 7. The van der Waals surface area contributed by atoms with E-state index < -0.39 is 5.97 Å². The number of methoxy groups -OCH3 is 1. The molecule has 1 unspecified atom stereocenters. The van der Waals surface area contributed by atoms with Crippen molar-refractivity contribution in [1.29, 1.82) is 0 Å². The van der Waals surface area contributed by atoms with Crippen molar-refractivity contribution in [2.24, 2.45) is 5.41 Å². The van der Waals surface area contributed by atoms with Crippen molar-refractivity contribution in [3.05, 3.63) is 77.5 Å². The maximum absolute atomic E-state index is 11.7. The summed E-state index contributed by atoms with van der Waals surface area (Å²) in [6, 6.07) is 17.3. The van der Waals surface area contributed by atoms with Crippen LogP contribution in [0.5, 0.6) is 0 Å². The van der Waals surface area contributed by atoms with E-state index in [1.165, 1.54) is 49.3 Å². The number of benzene rings is 2. The van der Waals surface area contributed by atoms with Crippen LogP contribution < -0.4 is 10.6 Å². The quantitative estimate of drug-likeness (QED) is 0.191. The first-order valence-corrected chi connectivity index (χ1v) is 13.5. The summed E-state index contributed by atoms with van der Waals surface area (Å²) in [4.78, 5) is 22.3. The van der Waals surface area contributed by atoms with E-state index in [1.807, 2.05) is 17.8 Å². The molecule has 1 heterocycles. The molecule has 2 fully saturated rings. The molecule has 0 bridgehead atoms. The van der Waals surface area contributed by atoms with Crippen molar-refractivity contribution in [2.75, 3.05) is 17.7 Å². The average Bonchev–Trinajstić information content (AvgIpc) is 3.58. The molecule has 36 heavy (non-hydrogen) atoms. The number of nitrogens with one attached hydrogen (secondary N) is 2. The van der Waals surface area contributed by atoms with Gasteiger partial charge in [-0.05, 0) is 73.4 Å². The molecule has 186 valence electrons. The number of thioether (sulfide) groups is 1. The van der Waals surface area contributed by atoms with Gasteiger partial charge in [-0.1, -0.05) is 36.8 Å². The Morgan fingerprint density at radius 1 is 1.19 bits per heavy atom. The molecule has 6 nitrogen and oxygen atoms in total. The maximum atomic E-state index is 11.7. The summed E-state index contributed by atoms with van der Waals surface area (Å²) < 4.78 is 4.76. The summed E-state index contributed by atoms with van der Waals surface area (Å²) in [5.41, 5.74) is 4.62. The number of ether oxygens (including phenoxy) is 1. The fourth-order valence-electron chi connectivity index (χ4n) is 4.93. The Morgan fingerprint density at radius 3 is 2.78 bits per heavy atom. The molecule has 2 saturated carbocycles. The molecule has 1 spiro atoms. The van der Waals surface area contributed by atoms with Gasteiger partial charge in [-0.15, -0.1) is 11.8 Å². The van der Waals surface area contributed by atoms with Crippen LogP contribution in [0.1, 0.15) is 48.8 Å². The molecule has 1 atom stereocenters. The molecule has 0 amide bonds. The third kappa shape index (κ3) is 5.73. The molecular formula is C29H32N4O2S. The van der Waals surface area contributed by atoms with Crippen LogP contribution in [0, 0.1) is 12.3 Å². The fraction of sp³-hybridized carbons (Fsp3) is 0.345. The molecule has 1 aromatic heterocycles. The first-order chi connectivity index (χ1) is 17.5. The molecule has 2 aliphatic carbocycles. The lowest BCUT2D eigenvalue weighted by Gasteiger charge is -2.22. The zero-order valence-electron chi connectivity index (χ0n) is 20.8. The van der Waals surface area contributed by atoms with Crippen LogP contribution in [0.3, 0.4) is 0 Å². The van der Waals surface area contributed by atoms with Gasteiger partial charge in [0.1, 0.15) is 5.82 Å². The van der Waals surface area contributed by atoms with Gasteiger partial charge >= 0.3 is 5.97 Å². The van der Waals surface area contributed by atoms with Crippen molar-refractivity contribution in [1.82, 2.24) is 9.97 Å². The molecular weight excluding hydrogens is 468 g/mol. The molecule has 5 rings (SSSR count). The standard InChI is InChI=1S/C29H32N4O2S/c1-20-17-23(36-19-21-7-4-3-5-8-21)11-12-24(20)31-28-30-18-22(10-13-26(34)35-2)27(33-28)32-25-9-6-14-29(25)15-16-29/h3-5,7-8,10-13,17-18,25H,6,9,14-16,19H2,1-2H3,(H2,30,31,32,33)/b13-10+. The van der Waals surface area contributed by atoms with E-state index in [-0.39, 0.29) is 0 Å². The second kappa shape index (κ2) is 10.7. The third-order valence-electron chi connectivity index (χ3n) is 7.22.